The van der Waals surface area contributed by atoms with Crippen LogP contribution in [0, 0.1) is 13.8 Å². The number of alkyl halides is 3. The van der Waals surface area contributed by atoms with Crippen molar-refractivity contribution in [1.29, 1.82) is 0 Å². The zero-order valence-electron chi connectivity index (χ0n) is 11.3. The van der Waals surface area contributed by atoms with Crippen LogP contribution in [0.1, 0.15) is 16.8 Å². The Morgan fingerprint density at radius 1 is 1.10 bits per heavy atom. The molecular formula is C13H13F3N4O. The smallest absolute Gasteiger partial charge is 0.433 e. The van der Waals surface area contributed by atoms with Gasteiger partial charge in [0.05, 0.1) is 0 Å². The third kappa shape index (κ3) is 3.60. The lowest BCUT2D eigenvalue weighted by Crippen LogP contribution is -2.15. The van der Waals surface area contributed by atoms with Crippen molar-refractivity contribution in [3.8, 4) is 11.6 Å². The van der Waals surface area contributed by atoms with Crippen molar-refractivity contribution in [2.45, 2.75) is 20.0 Å². The normalized spacial score (nSPS) is 11.3. The molecule has 0 saturated carbocycles. The minimum Gasteiger partial charge on any atom is -0.439 e. The van der Waals surface area contributed by atoms with Crippen molar-refractivity contribution >= 4 is 5.95 Å². The maximum absolute atomic E-state index is 12.7. The molecule has 0 amide bonds. The maximum Gasteiger partial charge on any atom is 0.433 e. The summed E-state index contributed by atoms with van der Waals surface area (Å²) < 4.78 is 43.5. The molecular weight excluding hydrogens is 285 g/mol. The van der Waals surface area contributed by atoms with Crippen molar-refractivity contribution < 1.29 is 17.9 Å². The van der Waals surface area contributed by atoms with E-state index in [1.165, 1.54) is 0 Å². The Balaban J connectivity index is 2.36. The van der Waals surface area contributed by atoms with E-state index in [1.54, 1.807) is 18.2 Å². The van der Waals surface area contributed by atoms with Crippen molar-refractivity contribution in [1.82, 2.24) is 9.97 Å². The highest BCUT2D eigenvalue weighted by Gasteiger charge is 2.34. The van der Waals surface area contributed by atoms with Crippen LogP contribution in [-0.4, -0.2) is 9.97 Å². The molecule has 112 valence electrons. The second-order valence-corrected chi connectivity index (χ2v) is 4.41. The molecule has 21 heavy (non-hydrogen) atoms. The molecule has 0 radical (unpaired) electrons. The van der Waals surface area contributed by atoms with Gasteiger partial charge in [-0.15, -0.1) is 0 Å². The molecule has 0 unspecified atom stereocenters. The highest BCUT2D eigenvalue weighted by atomic mass is 19.4. The third-order valence-corrected chi connectivity index (χ3v) is 2.82. The van der Waals surface area contributed by atoms with Gasteiger partial charge in [-0.25, -0.2) is 10.8 Å². The van der Waals surface area contributed by atoms with Crippen LogP contribution in [0.3, 0.4) is 0 Å². The van der Waals surface area contributed by atoms with E-state index in [4.69, 9.17) is 10.6 Å². The maximum atomic E-state index is 12.7. The lowest BCUT2D eigenvalue weighted by atomic mass is 10.1. The fraction of sp³-hybridized carbons (Fsp3) is 0.231. The molecule has 8 heteroatoms. The predicted molar refractivity (Wildman–Crippen MR) is 70.8 cm³/mol. The Morgan fingerprint density at radius 3 is 2.38 bits per heavy atom. The van der Waals surface area contributed by atoms with Gasteiger partial charge in [-0.05, 0) is 37.1 Å². The van der Waals surface area contributed by atoms with Gasteiger partial charge in [0.25, 0.3) is 0 Å². The van der Waals surface area contributed by atoms with Gasteiger partial charge >= 0.3 is 6.18 Å². The van der Waals surface area contributed by atoms with Crippen molar-refractivity contribution in [2.75, 3.05) is 5.43 Å². The van der Waals surface area contributed by atoms with E-state index in [2.05, 4.69) is 9.97 Å². The predicted octanol–water partition coefficient (Wildman–Crippen LogP) is 3.19. The number of nitrogen functional groups attached to an aromatic ring is 1. The summed E-state index contributed by atoms with van der Waals surface area (Å²) in [6.45, 7) is 3.79. The van der Waals surface area contributed by atoms with E-state index >= 15 is 0 Å². The fourth-order valence-corrected chi connectivity index (χ4v) is 1.59. The number of aryl methyl sites for hydroxylation is 2. The quantitative estimate of drug-likeness (QED) is 0.672. The van der Waals surface area contributed by atoms with Gasteiger partial charge in [-0.2, -0.15) is 18.2 Å². The van der Waals surface area contributed by atoms with E-state index < -0.39 is 11.9 Å². The molecule has 0 bridgehead atoms. The zero-order chi connectivity index (χ0) is 15.6. The first-order chi connectivity index (χ1) is 9.79. The number of nitrogens with zero attached hydrogens (tertiary/aromatic N) is 2. The average molecular weight is 298 g/mol. The Labute approximate surface area is 118 Å². The van der Waals surface area contributed by atoms with Gasteiger partial charge < -0.3 is 4.74 Å². The summed E-state index contributed by atoms with van der Waals surface area (Å²) in [5.41, 5.74) is 2.85. The van der Waals surface area contributed by atoms with Crippen LogP contribution in [0.25, 0.3) is 0 Å². The second kappa shape index (κ2) is 5.57. The molecule has 2 aromatic rings. The third-order valence-electron chi connectivity index (χ3n) is 2.82. The Bertz CT molecular complexity index is 658. The van der Waals surface area contributed by atoms with E-state index in [9.17, 15) is 13.2 Å². The van der Waals surface area contributed by atoms with Gasteiger partial charge in [-0.3, -0.25) is 5.43 Å². The van der Waals surface area contributed by atoms with Crippen molar-refractivity contribution in [3.05, 3.63) is 41.1 Å². The average Bonchev–Trinajstić information content (AvgIpc) is 2.41. The van der Waals surface area contributed by atoms with Crippen LogP contribution in [-0.2, 0) is 6.18 Å². The van der Waals surface area contributed by atoms with Crippen LogP contribution in [0.15, 0.2) is 24.3 Å². The summed E-state index contributed by atoms with van der Waals surface area (Å²) in [5, 5.41) is 0. The monoisotopic (exact) mass is 298 g/mol. The van der Waals surface area contributed by atoms with E-state index in [0.29, 0.717) is 5.75 Å². The Kier molecular flexibility index (Phi) is 3.99. The van der Waals surface area contributed by atoms with Crippen molar-refractivity contribution in [3.63, 3.8) is 0 Å². The first-order valence-electron chi connectivity index (χ1n) is 5.97. The Morgan fingerprint density at radius 2 is 1.81 bits per heavy atom. The molecule has 0 spiro atoms. The van der Waals surface area contributed by atoms with E-state index in [1.807, 2.05) is 19.3 Å². The highest BCUT2D eigenvalue weighted by Crippen LogP contribution is 2.31. The largest absolute Gasteiger partial charge is 0.439 e. The minimum absolute atomic E-state index is 0.242. The molecule has 0 atom stereocenters. The molecule has 0 aliphatic heterocycles. The molecule has 0 saturated heterocycles. The number of nitrogens with two attached hydrogens (primary N) is 1. The summed E-state index contributed by atoms with van der Waals surface area (Å²) in [6.07, 6.45) is -4.62. The molecule has 0 fully saturated rings. The van der Waals surface area contributed by atoms with Gasteiger partial charge in [0.2, 0.25) is 11.8 Å². The Hall–Kier alpha value is -2.35. The number of anilines is 1. The number of ether oxygens (including phenoxy) is 1. The van der Waals surface area contributed by atoms with Crippen LogP contribution in [0.5, 0.6) is 11.6 Å². The van der Waals surface area contributed by atoms with Crippen LogP contribution >= 0.6 is 0 Å². The standard InChI is InChI=1S/C13H13F3N4O/c1-7-3-4-9(5-8(7)2)21-11-6-10(13(14,15)16)18-12(19-11)20-17/h3-6H,17H2,1-2H3,(H,18,19,20). The minimum atomic E-state index is -4.62. The number of benzene rings is 1. The first-order valence-corrected chi connectivity index (χ1v) is 5.97. The highest BCUT2D eigenvalue weighted by molar-refractivity contribution is 5.38. The molecule has 1 aromatic carbocycles. The molecule has 0 aliphatic rings. The summed E-state index contributed by atoms with van der Waals surface area (Å²) in [4.78, 5) is 6.99. The number of nitrogens with one attached hydrogen (secondary N) is 1. The second-order valence-electron chi connectivity index (χ2n) is 4.41. The number of halogens is 3. The summed E-state index contributed by atoms with van der Waals surface area (Å²) in [7, 11) is 0. The van der Waals surface area contributed by atoms with Gasteiger partial charge in [-0.1, -0.05) is 6.07 Å². The fourth-order valence-electron chi connectivity index (χ4n) is 1.59. The molecule has 2 rings (SSSR count). The van der Waals surface area contributed by atoms with Gasteiger partial charge in [0, 0.05) is 6.07 Å². The van der Waals surface area contributed by atoms with Crippen LogP contribution < -0.4 is 16.0 Å². The lowest BCUT2D eigenvalue weighted by molar-refractivity contribution is -0.141. The summed E-state index contributed by atoms with van der Waals surface area (Å²) in [5.74, 6) is 4.84. The molecule has 1 aromatic heterocycles. The molecule has 1 heterocycles. The van der Waals surface area contributed by atoms with Crippen LogP contribution in [0.4, 0.5) is 19.1 Å². The number of hydrazine groups is 1. The van der Waals surface area contributed by atoms with Gasteiger partial charge in [0.1, 0.15) is 5.75 Å². The number of rotatable bonds is 3. The topological polar surface area (TPSA) is 73.1 Å². The SMILES string of the molecule is Cc1ccc(Oc2cc(C(F)(F)F)nc(NN)n2)cc1C. The molecule has 5 nitrogen and oxygen atoms in total. The van der Waals surface area contributed by atoms with Crippen molar-refractivity contribution in [2.24, 2.45) is 5.84 Å². The zero-order valence-corrected chi connectivity index (χ0v) is 11.3. The molecule has 0 aliphatic carbocycles. The van der Waals surface area contributed by atoms with E-state index in [-0.39, 0.29) is 11.8 Å². The van der Waals surface area contributed by atoms with E-state index in [0.717, 1.165) is 17.2 Å². The van der Waals surface area contributed by atoms with Gasteiger partial charge in [0.15, 0.2) is 5.69 Å². The lowest BCUT2D eigenvalue weighted by Gasteiger charge is -2.11. The first kappa shape index (κ1) is 15.0. The number of hydrogen-bond acceptors (Lipinski definition) is 5. The number of aromatic nitrogens is 2. The van der Waals surface area contributed by atoms with Crippen LogP contribution in [0.2, 0.25) is 0 Å². The summed E-state index contributed by atoms with van der Waals surface area (Å²) >= 11 is 0. The number of hydrogen-bond donors (Lipinski definition) is 2. The summed E-state index contributed by atoms with van der Waals surface area (Å²) in [6, 6.07) is 5.88. The molecule has 3 N–H and O–H groups in total.